The molecule has 0 bridgehead atoms. The number of β-amino-alcohol motifs (C(OH)–C–C–N with tert-alkyl or cyclic N) is 1. The van der Waals surface area contributed by atoms with Crippen molar-refractivity contribution < 1.29 is 9.90 Å². The molecule has 0 aliphatic carbocycles. The molecule has 1 atom stereocenters. The lowest BCUT2D eigenvalue weighted by atomic mass is 10.1. The van der Waals surface area contributed by atoms with E-state index in [9.17, 15) is 9.90 Å². The van der Waals surface area contributed by atoms with E-state index < -0.39 is 6.10 Å². The zero-order valence-corrected chi connectivity index (χ0v) is 22.9. The maximum atomic E-state index is 12.7. The highest BCUT2D eigenvalue weighted by atomic mass is 35.5. The number of benzene rings is 1. The molecule has 1 aliphatic heterocycles. The fourth-order valence-corrected chi connectivity index (χ4v) is 4.43. The van der Waals surface area contributed by atoms with Crippen LogP contribution in [0.3, 0.4) is 0 Å². The van der Waals surface area contributed by atoms with E-state index in [1.54, 1.807) is 0 Å². The number of piperazine rings is 1. The van der Waals surface area contributed by atoms with Crippen LogP contribution in [0.4, 0.5) is 5.69 Å². The lowest BCUT2D eigenvalue weighted by Gasteiger charge is -2.37. The number of hydrogen-bond acceptors (Lipinski definition) is 5. The third-order valence-electron chi connectivity index (χ3n) is 6.43. The normalized spacial score (nSPS) is 15.0. The first-order valence-corrected chi connectivity index (χ1v) is 11.7. The smallest absolute Gasteiger partial charge is 0.271 e. The van der Waals surface area contributed by atoms with Gasteiger partial charge < -0.3 is 19.9 Å². The number of hydrogen-bond donors (Lipinski definition) is 2. The number of aliphatic hydroxyl groups is 1. The molecule has 34 heavy (non-hydrogen) atoms. The number of carbonyl (C=O) groups excluding carboxylic acids is 1. The van der Waals surface area contributed by atoms with Gasteiger partial charge in [-0.25, -0.2) is 4.98 Å². The van der Waals surface area contributed by atoms with E-state index in [0.717, 1.165) is 44.2 Å². The molecule has 2 heterocycles. The topological polar surface area (TPSA) is 73.6 Å². The largest absolute Gasteiger partial charge is 0.390 e. The number of halogens is 2. The highest BCUT2D eigenvalue weighted by Gasteiger charge is 2.22. The van der Waals surface area contributed by atoms with Crippen LogP contribution in [0.2, 0.25) is 0 Å². The predicted molar refractivity (Wildman–Crippen MR) is 144 cm³/mol. The van der Waals surface area contributed by atoms with Gasteiger partial charge in [0.05, 0.1) is 6.10 Å². The minimum atomic E-state index is -0.606. The molecular weight excluding hydrogens is 473 g/mol. The molecule has 1 saturated heterocycles. The Morgan fingerprint density at radius 3 is 2.32 bits per heavy atom. The summed E-state index contributed by atoms with van der Waals surface area (Å²) in [6.45, 7) is 17.8. The van der Waals surface area contributed by atoms with Crippen LogP contribution in [0, 0.1) is 33.6 Å². The number of imidazole rings is 1. The summed E-state index contributed by atoms with van der Waals surface area (Å²) >= 11 is 0. The van der Waals surface area contributed by atoms with Crippen LogP contribution in [0.1, 0.15) is 47.0 Å². The minimum absolute atomic E-state index is 0. The summed E-state index contributed by atoms with van der Waals surface area (Å²) in [5.41, 5.74) is 5.30. The molecule has 9 heteroatoms. The second kappa shape index (κ2) is 13.3. The number of aromatic nitrogens is 2. The molecule has 2 N–H and O–H groups in total. The summed E-state index contributed by atoms with van der Waals surface area (Å²) in [6.07, 6.45) is -0.606. The van der Waals surface area contributed by atoms with Crippen molar-refractivity contribution in [2.75, 3.05) is 44.2 Å². The van der Waals surface area contributed by atoms with Crippen LogP contribution in [0.5, 0.6) is 0 Å². The van der Waals surface area contributed by atoms with E-state index in [-0.39, 0.29) is 37.3 Å². The summed E-state index contributed by atoms with van der Waals surface area (Å²) in [4.78, 5) is 21.8. The molecule has 0 saturated carbocycles. The van der Waals surface area contributed by atoms with Gasteiger partial charge >= 0.3 is 0 Å². The quantitative estimate of drug-likeness (QED) is 0.564. The van der Waals surface area contributed by atoms with Crippen molar-refractivity contribution in [3.63, 3.8) is 0 Å². The number of aliphatic hydroxyl groups excluding tert-OH is 1. The summed E-state index contributed by atoms with van der Waals surface area (Å²) in [5, 5.41) is 13.4. The van der Waals surface area contributed by atoms with Gasteiger partial charge in [-0.3, -0.25) is 9.69 Å². The predicted octanol–water partition coefficient (Wildman–Crippen LogP) is 3.53. The Morgan fingerprint density at radius 1 is 1.06 bits per heavy atom. The van der Waals surface area contributed by atoms with Crippen LogP contribution in [-0.4, -0.2) is 70.8 Å². The zero-order valence-electron chi connectivity index (χ0n) is 21.3. The standard InChI is InChI=1S/C25H39N5O2.2ClH/c1-17(2)15-30-20(5)24(27-21(30)6)25(32)26-14-22(31)16-28-10-12-29(13-11-28)23-9-7-8-18(3)19(23)4;;/h7-9,17,22,31H,10-16H2,1-6H3,(H,26,32);2*1H. The summed E-state index contributed by atoms with van der Waals surface area (Å²) in [5.74, 6) is 1.12. The monoisotopic (exact) mass is 513 g/mol. The van der Waals surface area contributed by atoms with Crippen molar-refractivity contribution in [2.24, 2.45) is 5.92 Å². The first-order valence-electron chi connectivity index (χ1n) is 11.7. The van der Waals surface area contributed by atoms with Crippen molar-refractivity contribution in [3.05, 3.63) is 46.5 Å². The third kappa shape index (κ3) is 7.35. The Kier molecular flexibility index (Phi) is 11.9. The van der Waals surface area contributed by atoms with Gasteiger partial charge in [-0.05, 0) is 50.8 Å². The molecule has 1 amide bonds. The van der Waals surface area contributed by atoms with Crippen LogP contribution in [0.25, 0.3) is 0 Å². The van der Waals surface area contributed by atoms with E-state index in [0.29, 0.717) is 18.2 Å². The van der Waals surface area contributed by atoms with Gasteiger partial charge in [0.1, 0.15) is 11.5 Å². The molecule has 2 aromatic rings. The second-order valence-electron chi connectivity index (χ2n) is 9.47. The van der Waals surface area contributed by atoms with Crippen molar-refractivity contribution in [2.45, 2.75) is 54.2 Å². The van der Waals surface area contributed by atoms with Gasteiger partial charge in [-0.15, -0.1) is 24.8 Å². The van der Waals surface area contributed by atoms with E-state index in [1.807, 2.05) is 13.8 Å². The number of aryl methyl sites for hydroxylation is 2. The first-order chi connectivity index (χ1) is 15.2. The van der Waals surface area contributed by atoms with Gasteiger partial charge in [0.2, 0.25) is 0 Å². The second-order valence-corrected chi connectivity index (χ2v) is 9.47. The molecule has 1 fully saturated rings. The fourth-order valence-electron chi connectivity index (χ4n) is 4.43. The zero-order chi connectivity index (χ0) is 23.4. The molecule has 1 aliphatic rings. The van der Waals surface area contributed by atoms with Crippen LogP contribution in [0.15, 0.2) is 18.2 Å². The summed E-state index contributed by atoms with van der Waals surface area (Å²) in [7, 11) is 0. The van der Waals surface area contributed by atoms with Gasteiger partial charge in [-0.1, -0.05) is 26.0 Å². The number of rotatable bonds is 8. The Labute approximate surface area is 216 Å². The summed E-state index contributed by atoms with van der Waals surface area (Å²) < 4.78 is 2.09. The van der Waals surface area contributed by atoms with Gasteiger partial charge in [0, 0.05) is 57.2 Å². The SMILES string of the molecule is Cc1cccc(N2CCN(CC(O)CNC(=O)c3nc(C)n(CC(C)C)c3C)CC2)c1C.Cl.Cl. The van der Waals surface area contributed by atoms with Crippen molar-refractivity contribution in [1.82, 2.24) is 19.8 Å². The number of amides is 1. The van der Waals surface area contributed by atoms with E-state index >= 15 is 0 Å². The molecule has 192 valence electrons. The Bertz CT molecular complexity index is 940. The molecule has 1 aromatic carbocycles. The third-order valence-corrected chi connectivity index (χ3v) is 6.43. The van der Waals surface area contributed by atoms with E-state index in [2.05, 4.69) is 70.6 Å². The fraction of sp³-hybridized carbons (Fsp3) is 0.600. The Hall–Kier alpha value is -1.80. The molecule has 0 spiro atoms. The highest BCUT2D eigenvalue weighted by Crippen LogP contribution is 2.23. The van der Waals surface area contributed by atoms with Gasteiger partial charge in [-0.2, -0.15) is 0 Å². The van der Waals surface area contributed by atoms with Crippen molar-refractivity contribution in [3.8, 4) is 0 Å². The Morgan fingerprint density at radius 2 is 1.71 bits per heavy atom. The molecule has 1 unspecified atom stereocenters. The number of nitrogens with zero attached hydrogens (tertiary/aromatic N) is 4. The maximum Gasteiger partial charge on any atom is 0.271 e. The van der Waals surface area contributed by atoms with Gasteiger partial charge in [0.15, 0.2) is 0 Å². The van der Waals surface area contributed by atoms with Crippen molar-refractivity contribution >= 4 is 36.4 Å². The van der Waals surface area contributed by atoms with Crippen LogP contribution in [-0.2, 0) is 6.54 Å². The van der Waals surface area contributed by atoms with Crippen molar-refractivity contribution in [1.29, 1.82) is 0 Å². The number of carbonyl (C=O) groups is 1. The van der Waals surface area contributed by atoms with Crippen LogP contribution < -0.4 is 10.2 Å². The first kappa shape index (κ1) is 30.2. The molecule has 3 rings (SSSR count). The van der Waals surface area contributed by atoms with E-state index in [1.165, 1.54) is 16.8 Å². The molecule has 0 radical (unpaired) electrons. The van der Waals surface area contributed by atoms with E-state index in [4.69, 9.17) is 0 Å². The lowest BCUT2D eigenvalue weighted by molar-refractivity contribution is 0.0847. The lowest BCUT2D eigenvalue weighted by Crippen LogP contribution is -2.50. The average molecular weight is 515 g/mol. The highest BCUT2D eigenvalue weighted by molar-refractivity contribution is 5.93. The number of nitrogens with one attached hydrogen (secondary N) is 1. The average Bonchev–Trinajstić information content (AvgIpc) is 3.02. The molecule has 7 nitrogen and oxygen atoms in total. The maximum absolute atomic E-state index is 12.7. The minimum Gasteiger partial charge on any atom is -0.390 e. The molecular formula is C25H41Cl2N5O2. The Balaban J connectivity index is 0.00000289. The van der Waals surface area contributed by atoms with Crippen LogP contribution >= 0.6 is 24.8 Å². The summed E-state index contributed by atoms with van der Waals surface area (Å²) in [6, 6.07) is 6.46. The number of anilines is 1. The molecule has 1 aromatic heterocycles. The van der Waals surface area contributed by atoms with Gasteiger partial charge in [0.25, 0.3) is 5.91 Å².